The molecule has 4 aliphatic rings. The molecule has 1 N–H and O–H groups in total. The van der Waals surface area contributed by atoms with Gasteiger partial charge in [0.1, 0.15) is 0 Å². The lowest BCUT2D eigenvalue weighted by molar-refractivity contribution is -0.161. The second-order valence-electron chi connectivity index (χ2n) is 6.79. The number of ether oxygens (including phenoxy) is 2. The summed E-state index contributed by atoms with van der Waals surface area (Å²) in [5, 5.41) is 3.76. The Morgan fingerprint density at radius 3 is 2.85 bits per heavy atom. The molecule has 0 aromatic heterocycles. The smallest absolute Gasteiger partial charge is 0.172 e. The van der Waals surface area contributed by atoms with Crippen molar-refractivity contribution in [3.63, 3.8) is 0 Å². The van der Waals surface area contributed by atoms with Gasteiger partial charge in [0.25, 0.3) is 0 Å². The summed E-state index contributed by atoms with van der Waals surface area (Å²) in [6, 6.07) is 0.754. The molecule has 0 aromatic carbocycles. The van der Waals surface area contributed by atoms with Gasteiger partial charge in [-0.2, -0.15) is 0 Å². The highest BCUT2D eigenvalue weighted by Gasteiger charge is 2.44. The summed E-state index contributed by atoms with van der Waals surface area (Å²) < 4.78 is 11.7. The van der Waals surface area contributed by atoms with Gasteiger partial charge in [0.15, 0.2) is 5.79 Å². The summed E-state index contributed by atoms with van der Waals surface area (Å²) in [6.45, 7) is 2.71. The van der Waals surface area contributed by atoms with E-state index in [0.29, 0.717) is 0 Å². The lowest BCUT2D eigenvalue weighted by Gasteiger charge is -2.36. The number of rotatable bonds is 1. The standard InChI is InChI=1S/C16H24BrNO2/c17-12-1-2-15-13(9-12)14(10-18-15)11-3-5-16(6-4-11)19-7-8-20-16/h3,12-15,18H,1-2,4-10H2. The topological polar surface area (TPSA) is 30.5 Å². The minimum atomic E-state index is -0.264. The van der Waals surface area contributed by atoms with Crippen molar-refractivity contribution in [3.05, 3.63) is 11.6 Å². The maximum absolute atomic E-state index is 5.83. The molecule has 3 nitrogen and oxygen atoms in total. The summed E-state index contributed by atoms with van der Waals surface area (Å²) in [5.41, 5.74) is 1.66. The molecule has 2 aliphatic heterocycles. The van der Waals surface area contributed by atoms with Crippen molar-refractivity contribution in [3.8, 4) is 0 Å². The number of alkyl halides is 1. The molecule has 4 atom stereocenters. The first-order valence-electron chi connectivity index (χ1n) is 8.10. The zero-order valence-electron chi connectivity index (χ0n) is 11.9. The molecule has 2 saturated heterocycles. The van der Waals surface area contributed by atoms with Crippen molar-refractivity contribution in [1.29, 1.82) is 0 Å². The van der Waals surface area contributed by atoms with Crippen LogP contribution in [-0.2, 0) is 9.47 Å². The molecule has 0 radical (unpaired) electrons. The van der Waals surface area contributed by atoms with Crippen LogP contribution in [0.25, 0.3) is 0 Å². The second-order valence-corrected chi connectivity index (χ2v) is 8.08. The highest BCUT2D eigenvalue weighted by atomic mass is 79.9. The van der Waals surface area contributed by atoms with Gasteiger partial charge < -0.3 is 14.8 Å². The van der Waals surface area contributed by atoms with Gasteiger partial charge in [-0.25, -0.2) is 0 Å². The minimum absolute atomic E-state index is 0.264. The molecule has 3 fully saturated rings. The van der Waals surface area contributed by atoms with E-state index in [9.17, 15) is 0 Å². The fraction of sp³-hybridized carbons (Fsp3) is 0.875. The van der Waals surface area contributed by atoms with Gasteiger partial charge in [0.2, 0.25) is 0 Å². The van der Waals surface area contributed by atoms with Gasteiger partial charge in [-0.3, -0.25) is 0 Å². The van der Waals surface area contributed by atoms with Crippen molar-refractivity contribution in [1.82, 2.24) is 5.32 Å². The summed E-state index contributed by atoms with van der Waals surface area (Å²) in [7, 11) is 0. The van der Waals surface area contributed by atoms with Crippen molar-refractivity contribution < 1.29 is 9.47 Å². The third-order valence-corrected chi connectivity index (χ3v) is 6.54. The Morgan fingerprint density at radius 1 is 1.25 bits per heavy atom. The quantitative estimate of drug-likeness (QED) is 0.587. The van der Waals surface area contributed by atoms with E-state index in [1.807, 2.05) is 0 Å². The molecule has 4 rings (SSSR count). The van der Waals surface area contributed by atoms with Crippen LogP contribution >= 0.6 is 15.9 Å². The number of hydrogen-bond acceptors (Lipinski definition) is 3. The number of halogens is 1. The Bertz CT molecular complexity index is 405. The van der Waals surface area contributed by atoms with Crippen molar-refractivity contribution in [2.24, 2.45) is 11.8 Å². The Morgan fingerprint density at radius 2 is 2.10 bits per heavy atom. The zero-order valence-corrected chi connectivity index (χ0v) is 13.5. The van der Waals surface area contributed by atoms with E-state index in [1.54, 1.807) is 5.57 Å². The minimum Gasteiger partial charge on any atom is -0.347 e. The van der Waals surface area contributed by atoms with Gasteiger partial charge >= 0.3 is 0 Å². The number of fused-ring (bicyclic) bond motifs is 1. The Balaban J connectivity index is 1.47. The molecule has 0 aromatic rings. The Hall–Kier alpha value is 0.100. The van der Waals surface area contributed by atoms with Gasteiger partial charge in [-0.05, 0) is 37.5 Å². The third-order valence-electron chi connectivity index (χ3n) is 5.71. The first-order valence-corrected chi connectivity index (χ1v) is 9.02. The van der Waals surface area contributed by atoms with Gasteiger partial charge in [0.05, 0.1) is 13.2 Å². The number of nitrogens with one attached hydrogen (secondary N) is 1. The maximum atomic E-state index is 5.83. The van der Waals surface area contributed by atoms with Crippen LogP contribution in [0.3, 0.4) is 0 Å². The molecule has 4 unspecified atom stereocenters. The van der Waals surface area contributed by atoms with Crippen LogP contribution in [0.1, 0.15) is 38.5 Å². The number of hydrogen-bond donors (Lipinski definition) is 1. The molecule has 1 spiro atoms. The van der Waals surface area contributed by atoms with Crippen molar-refractivity contribution in [2.45, 2.75) is 55.2 Å². The molecular formula is C16H24BrNO2. The van der Waals surface area contributed by atoms with Crippen LogP contribution in [0.5, 0.6) is 0 Å². The average Bonchev–Trinajstić information content (AvgIpc) is 3.07. The molecule has 0 amide bonds. The molecule has 112 valence electrons. The highest BCUT2D eigenvalue weighted by Crippen LogP contribution is 2.44. The largest absolute Gasteiger partial charge is 0.347 e. The normalized spacial score (nSPS) is 43.5. The van der Waals surface area contributed by atoms with Gasteiger partial charge in [0, 0.05) is 30.3 Å². The lowest BCUT2D eigenvalue weighted by atomic mass is 9.74. The molecule has 1 saturated carbocycles. The summed E-state index contributed by atoms with van der Waals surface area (Å²) >= 11 is 3.84. The summed E-state index contributed by atoms with van der Waals surface area (Å²) in [4.78, 5) is 0.725. The third kappa shape index (κ3) is 2.39. The zero-order chi connectivity index (χ0) is 13.6. The van der Waals surface area contributed by atoms with Gasteiger partial charge in [-0.15, -0.1) is 0 Å². The monoisotopic (exact) mass is 341 g/mol. The van der Waals surface area contributed by atoms with E-state index >= 15 is 0 Å². The van der Waals surface area contributed by atoms with E-state index < -0.39 is 0 Å². The molecule has 0 bridgehead atoms. The van der Waals surface area contributed by atoms with Crippen LogP contribution < -0.4 is 5.32 Å². The van der Waals surface area contributed by atoms with E-state index in [-0.39, 0.29) is 5.79 Å². The predicted octanol–water partition coefficient (Wildman–Crippen LogP) is 2.99. The first-order chi connectivity index (χ1) is 9.76. The fourth-order valence-corrected chi connectivity index (χ4v) is 5.30. The molecule has 2 heterocycles. The maximum Gasteiger partial charge on any atom is 0.172 e. The SMILES string of the molecule is BrC1CCC2NCC(C3=CCC4(CC3)OCCO4)C2C1. The second kappa shape index (κ2) is 5.38. The van der Waals surface area contributed by atoms with Crippen molar-refractivity contribution in [2.75, 3.05) is 19.8 Å². The van der Waals surface area contributed by atoms with Crippen LogP contribution in [0.2, 0.25) is 0 Å². The van der Waals surface area contributed by atoms with Crippen molar-refractivity contribution >= 4 is 15.9 Å². The molecule has 4 heteroatoms. The molecule has 20 heavy (non-hydrogen) atoms. The van der Waals surface area contributed by atoms with Gasteiger partial charge in [-0.1, -0.05) is 27.6 Å². The average molecular weight is 342 g/mol. The highest BCUT2D eigenvalue weighted by molar-refractivity contribution is 9.09. The van der Waals surface area contributed by atoms with Crippen LogP contribution in [-0.4, -0.2) is 36.4 Å². The van der Waals surface area contributed by atoms with E-state index in [0.717, 1.165) is 55.2 Å². The summed E-state index contributed by atoms with van der Waals surface area (Å²) in [6.07, 6.45) is 9.57. The van der Waals surface area contributed by atoms with E-state index in [2.05, 4.69) is 27.3 Å². The lowest BCUT2D eigenvalue weighted by Crippen LogP contribution is -2.35. The Labute approximate surface area is 129 Å². The van der Waals surface area contributed by atoms with Crippen LogP contribution in [0.15, 0.2) is 11.6 Å². The first kappa shape index (κ1) is 13.7. The molecular weight excluding hydrogens is 318 g/mol. The van der Waals surface area contributed by atoms with E-state index in [1.165, 1.54) is 25.8 Å². The molecule has 2 aliphatic carbocycles. The predicted molar refractivity (Wildman–Crippen MR) is 81.9 cm³/mol. The Kier molecular flexibility index (Phi) is 3.70. The summed E-state index contributed by atoms with van der Waals surface area (Å²) in [5.74, 6) is 1.32. The van der Waals surface area contributed by atoms with Crippen LogP contribution in [0, 0.1) is 11.8 Å². The fourth-order valence-electron chi connectivity index (χ4n) is 4.61. The van der Waals surface area contributed by atoms with E-state index in [4.69, 9.17) is 9.47 Å². The van der Waals surface area contributed by atoms with Crippen LogP contribution in [0.4, 0.5) is 0 Å².